The highest BCUT2D eigenvalue weighted by Crippen LogP contribution is 2.31. The molecule has 0 bridgehead atoms. The number of carbonyl (C=O) groups excluding carboxylic acids is 2. The van der Waals surface area contributed by atoms with E-state index < -0.39 is 12.1 Å². The van der Waals surface area contributed by atoms with Gasteiger partial charge in [-0.1, -0.05) is 20.8 Å². The Morgan fingerprint density at radius 1 is 1.19 bits per heavy atom. The van der Waals surface area contributed by atoms with Crippen molar-refractivity contribution in [2.45, 2.75) is 64.6 Å². The third kappa shape index (κ3) is 5.06. The molecule has 1 aromatic heterocycles. The van der Waals surface area contributed by atoms with Gasteiger partial charge in [-0.2, -0.15) is 0 Å². The molecule has 8 heteroatoms. The number of carbonyl (C=O) groups is 2. The fourth-order valence-electron chi connectivity index (χ4n) is 3.86. The molecule has 2 N–H and O–H groups in total. The van der Waals surface area contributed by atoms with Gasteiger partial charge in [0, 0.05) is 23.5 Å². The van der Waals surface area contributed by atoms with Gasteiger partial charge in [0.2, 0.25) is 11.8 Å². The summed E-state index contributed by atoms with van der Waals surface area (Å²) in [7, 11) is 0. The van der Waals surface area contributed by atoms with Crippen molar-refractivity contribution in [2.75, 3.05) is 11.9 Å². The molecule has 2 fully saturated rings. The number of anilines is 1. The highest BCUT2D eigenvalue weighted by atomic mass is 32.1. The van der Waals surface area contributed by atoms with Gasteiger partial charge in [0.15, 0.2) is 5.13 Å². The average Bonchev–Trinajstić information content (AvgIpc) is 3.19. The summed E-state index contributed by atoms with van der Waals surface area (Å²) < 4.78 is 13.2. The van der Waals surface area contributed by atoms with Crippen molar-refractivity contribution in [2.24, 2.45) is 5.41 Å². The normalized spacial score (nSPS) is 19.9. The Kier molecular flexibility index (Phi) is 6.01. The molecule has 1 saturated heterocycles. The second-order valence-electron chi connectivity index (χ2n) is 9.46. The minimum Gasteiger partial charge on any atom is -0.352 e. The van der Waals surface area contributed by atoms with E-state index in [2.05, 4.69) is 15.6 Å². The Bertz CT molecular complexity index is 949. The molecule has 6 nitrogen and oxygen atoms in total. The van der Waals surface area contributed by atoms with Gasteiger partial charge in [0.1, 0.15) is 17.9 Å². The van der Waals surface area contributed by atoms with Crippen molar-refractivity contribution >= 4 is 28.3 Å². The molecular weight excluding hydrogens is 415 g/mol. The summed E-state index contributed by atoms with van der Waals surface area (Å²) in [6, 6.07) is 5.55. The Hall–Kier alpha value is -2.48. The molecule has 4 rings (SSSR count). The minimum absolute atomic E-state index is 0.0335. The van der Waals surface area contributed by atoms with Crippen LogP contribution in [0.1, 0.15) is 46.5 Å². The quantitative estimate of drug-likeness (QED) is 0.705. The van der Waals surface area contributed by atoms with Gasteiger partial charge >= 0.3 is 0 Å². The van der Waals surface area contributed by atoms with Crippen LogP contribution in [0.5, 0.6) is 0 Å². The Labute approximate surface area is 186 Å². The van der Waals surface area contributed by atoms with Gasteiger partial charge in [-0.25, -0.2) is 9.37 Å². The number of halogens is 1. The number of amides is 2. The van der Waals surface area contributed by atoms with Gasteiger partial charge in [-0.3, -0.25) is 9.59 Å². The van der Waals surface area contributed by atoms with E-state index in [4.69, 9.17) is 0 Å². The zero-order chi connectivity index (χ0) is 22.2. The Balaban J connectivity index is 1.50. The molecule has 1 saturated carbocycles. The molecule has 31 heavy (non-hydrogen) atoms. The maximum absolute atomic E-state index is 13.5. The smallest absolute Gasteiger partial charge is 0.246 e. The first-order valence-electron chi connectivity index (χ1n) is 10.8. The average molecular weight is 445 g/mol. The number of rotatable bonds is 6. The van der Waals surface area contributed by atoms with E-state index in [0.29, 0.717) is 18.1 Å². The van der Waals surface area contributed by atoms with Crippen molar-refractivity contribution in [1.82, 2.24) is 15.2 Å². The summed E-state index contributed by atoms with van der Waals surface area (Å²) in [5.41, 5.74) is 1.18. The predicted molar refractivity (Wildman–Crippen MR) is 120 cm³/mol. The largest absolute Gasteiger partial charge is 0.352 e. The third-order valence-corrected chi connectivity index (χ3v) is 6.56. The van der Waals surface area contributed by atoms with E-state index in [-0.39, 0.29) is 29.1 Å². The maximum Gasteiger partial charge on any atom is 0.246 e. The standard InChI is InChI=1S/C23H29FN4O2S/c1-23(2,3)19(21(30)28-12-4-5-18(28)20(29)25-16-10-11-16)27-22-26-17(13-31-22)14-6-8-15(24)9-7-14/h6-9,13,16,18-19H,4-5,10-12H2,1-3H3,(H,25,29)(H,26,27)/t18-,19+/m0/s1. The van der Waals surface area contributed by atoms with Crippen molar-refractivity contribution in [3.05, 3.63) is 35.5 Å². The molecule has 1 aliphatic heterocycles. The predicted octanol–water partition coefficient (Wildman–Crippen LogP) is 4.05. The van der Waals surface area contributed by atoms with Crippen LogP contribution in [0.4, 0.5) is 9.52 Å². The monoisotopic (exact) mass is 444 g/mol. The molecule has 2 amide bonds. The molecule has 2 atom stereocenters. The first-order chi connectivity index (χ1) is 14.7. The first kappa shape index (κ1) is 21.7. The Morgan fingerprint density at radius 3 is 2.55 bits per heavy atom. The van der Waals surface area contributed by atoms with Crippen molar-refractivity contribution in [3.63, 3.8) is 0 Å². The lowest BCUT2D eigenvalue weighted by atomic mass is 9.85. The lowest BCUT2D eigenvalue weighted by molar-refractivity contribution is -0.140. The molecule has 0 spiro atoms. The zero-order valence-corrected chi connectivity index (χ0v) is 19.0. The summed E-state index contributed by atoms with van der Waals surface area (Å²) in [5, 5.41) is 8.88. The maximum atomic E-state index is 13.5. The second kappa shape index (κ2) is 8.57. The van der Waals surface area contributed by atoms with Crippen LogP contribution in [-0.4, -0.2) is 46.4 Å². The van der Waals surface area contributed by atoms with E-state index in [1.165, 1.54) is 23.5 Å². The summed E-state index contributed by atoms with van der Waals surface area (Å²) in [6.07, 6.45) is 3.59. The van der Waals surface area contributed by atoms with Crippen molar-refractivity contribution in [1.29, 1.82) is 0 Å². The molecule has 0 radical (unpaired) electrons. The molecule has 2 aromatic rings. The fraction of sp³-hybridized carbons (Fsp3) is 0.522. The molecular formula is C23H29FN4O2S. The van der Waals surface area contributed by atoms with Crippen LogP contribution >= 0.6 is 11.3 Å². The summed E-state index contributed by atoms with van der Waals surface area (Å²) >= 11 is 1.41. The fourth-order valence-corrected chi connectivity index (χ4v) is 4.61. The van der Waals surface area contributed by atoms with Crippen LogP contribution < -0.4 is 10.6 Å². The van der Waals surface area contributed by atoms with Crippen LogP contribution in [0.25, 0.3) is 11.3 Å². The first-order valence-corrected chi connectivity index (χ1v) is 11.7. The zero-order valence-electron chi connectivity index (χ0n) is 18.2. The lowest BCUT2D eigenvalue weighted by Gasteiger charge is -2.35. The highest BCUT2D eigenvalue weighted by Gasteiger charge is 2.42. The highest BCUT2D eigenvalue weighted by molar-refractivity contribution is 7.14. The van der Waals surface area contributed by atoms with Gasteiger partial charge in [0.25, 0.3) is 0 Å². The number of nitrogens with zero attached hydrogens (tertiary/aromatic N) is 2. The molecule has 1 aliphatic carbocycles. The van der Waals surface area contributed by atoms with Crippen LogP contribution in [0.3, 0.4) is 0 Å². The second-order valence-corrected chi connectivity index (χ2v) is 10.3. The lowest BCUT2D eigenvalue weighted by Crippen LogP contribution is -2.54. The number of benzene rings is 1. The van der Waals surface area contributed by atoms with Gasteiger partial charge in [-0.05, 0) is 55.4 Å². The van der Waals surface area contributed by atoms with Crippen molar-refractivity contribution in [3.8, 4) is 11.3 Å². The number of likely N-dealkylation sites (tertiary alicyclic amines) is 1. The summed E-state index contributed by atoms with van der Waals surface area (Å²) in [4.78, 5) is 32.5. The van der Waals surface area contributed by atoms with E-state index in [1.54, 1.807) is 17.0 Å². The van der Waals surface area contributed by atoms with E-state index in [0.717, 1.165) is 30.5 Å². The number of nitrogens with one attached hydrogen (secondary N) is 2. The Morgan fingerprint density at radius 2 is 1.90 bits per heavy atom. The SMILES string of the molecule is CC(C)(C)[C@H](Nc1nc(-c2ccc(F)cc2)cs1)C(=O)N1CCC[C@H]1C(=O)NC1CC1. The van der Waals surface area contributed by atoms with Crippen LogP contribution in [-0.2, 0) is 9.59 Å². The van der Waals surface area contributed by atoms with Crippen LogP contribution in [0.15, 0.2) is 29.6 Å². The van der Waals surface area contributed by atoms with Crippen molar-refractivity contribution < 1.29 is 14.0 Å². The minimum atomic E-state index is -0.519. The topological polar surface area (TPSA) is 74.3 Å². The van der Waals surface area contributed by atoms with E-state index in [9.17, 15) is 14.0 Å². The van der Waals surface area contributed by atoms with Crippen LogP contribution in [0.2, 0.25) is 0 Å². The summed E-state index contributed by atoms with van der Waals surface area (Å²) in [5.74, 6) is -0.394. The third-order valence-electron chi connectivity index (χ3n) is 5.79. The number of hydrogen-bond donors (Lipinski definition) is 2. The van der Waals surface area contributed by atoms with Gasteiger partial charge in [-0.15, -0.1) is 11.3 Å². The van der Waals surface area contributed by atoms with E-state index >= 15 is 0 Å². The van der Waals surface area contributed by atoms with Gasteiger partial charge < -0.3 is 15.5 Å². The molecule has 0 unspecified atom stereocenters. The van der Waals surface area contributed by atoms with Crippen LogP contribution in [0, 0.1) is 11.2 Å². The molecule has 2 aliphatic rings. The summed E-state index contributed by atoms with van der Waals surface area (Å²) in [6.45, 7) is 6.61. The number of aromatic nitrogens is 1. The number of hydrogen-bond acceptors (Lipinski definition) is 5. The van der Waals surface area contributed by atoms with E-state index in [1.807, 2.05) is 26.2 Å². The molecule has 2 heterocycles. The molecule has 1 aromatic carbocycles. The molecule has 166 valence electrons. The van der Waals surface area contributed by atoms with Gasteiger partial charge in [0.05, 0.1) is 5.69 Å². The number of thiazole rings is 1.